The van der Waals surface area contributed by atoms with E-state index in [4.69, 9.17) is 37.4 Å². The summed E-state index contributed by atoms with van der Waals surface area (Å²) in [6.07, 6.45) is 3.72. The molecule has 12 heteroatoms. The van der Waals surface area contributed by atoms with Crippen molar-refractivity contribution in [3.05, 3.63) is 38.7 Å². The van der Waals surface area contributed by atoms with Gasteiger partial charge in [0.1, 0.15) is 22.7 Å². The summed E-state index contributed by atoms with van der Waals surface area (Å²) in [5, 5.41) is 7.24. The Kier molecular flexibility index (Phi) is 7.94. The Hall–Kier alpha value is -3.24. The highest BCUT2D eigenvalue weighted by Crippen LogP contribution is 2.45. The molecule has 0 saturated heterocycles. The Balaban J connectivity index is 1.66. The number of carbonyl (C=O) groups is 1. The number of aryl methyl sites for hydroxylation is 1. The van der Waals surface area contributed by atoms with Crippen molar-refractivity contribution in [3.8, 4) is 22.6 Å². The summed E-state index contributed by atoms with van der Waals surface area (Å²) in [7, 11) is 4.56. The monoisotopic (exact) mass is 563 g/mol. The number of hydrogen-bond donors (Lipinski definition) is 2. The van der Waals surface area contributed by atoms with Crippen LogP contribution in [0.2, 0.25) is 10.0 Å². The maximum Gasteiger partial charge on any atom is 0.407 e. The number of anilines is 1. The van der Waals surface area contributed by atoms with E-state index in [0.29, 0.717) is 34.0 Å². The van der Waals surface area contributed by atoms with Gasteiger partial charge in [-0.05, 0) is 46.1 Å². The number of ether oxygens (including phenoxy) is 3. The van der Waals surface area contributed by atoms with Crippen LogP contribution in [0.1, 0.15) is 40.0 Å². The van der Waals surface area contributed by atoms with E-state index < -0.39 is 11.7 Å². The Morgan fingerprint density at radius 1 is 1.08 bits per heavy atom. The molecule has 1 aromatic carbocycles. The summed E-state index contributed by atoms with van der Waals surface area (Å²) in [6.45, 7) is 5.47. The number of nitrogens with zero attached hydrogens (tertiary/aromatic N) is 3. The van der Waals surface area contributed by atoms with E-state index >= 15 is 0 Å². The minimum Gasteiger partial charge on any atom is -0.495 e. The quantitative estimate of drug-likeness (QED) is 0.421. The lowest BCUT2D eigenvalue weighted by molar-refractivity contribution is 0.0503. The SMILES string of the molecule is COc1cc(OC)c(Cl)c(-c2cc3cnc(N[C@@H]4CCC[C@@H]4NC(=O)OC(C)(C)C)nc3n(C)c2=O)c1Cl. The number of fused-ring (bicyclic) bond motifs is 1. The number of nitrogens with one attached hydrogen (secondary N) is 2. The third-order valence-corrected chi connectivity index (χ3v) is 7.07. The summed E-state index contributed by atoms with van der Waals surface area (Å²) >= 11 is 13.1. The molecule has 0 spiro atoms. The smallest absolute Gasteiger partial charge is 0.407 e. The van der Waals surface area contributed by atoms with Crippen LogP contribution in [0.15, 0.2) is 23.1 Å². The van der Waals surface area contributed by atoms with Crippen molar-refractivity contribution in [1.82, 2.24) is 19.9 Å². The lowest BCUT2D eigenvalue weighted by atomic mass is 10.0. The molecule has 0 unspecified atom stereocenters. The lowest BCUT2D eigenvalue weighted by Gasteiger charge is -2.25. The van der Waals surface area contributed by atoms with E-state index in [1.54, 1.807) is 25.4 Å². The Morgan fingerprint density at radius 2 is 1.71 bits per heavy atom. The molecule has 1 saturated carbocycles. The number of alkyl carbamates (subject to hydrolysis) is 1. The van der Waals surface area contributed by atoms with Crippen LogP contribution in [-0.2, 0) is 11.8 Å². The van der Waals surface area contributed by atoms with Crippen LogP contribution in [0.5, 0.6) is 11.5 Å². The molecule has 1 fully saturated rings. The summed E-state index contributed by atoms with van der Waals surface area (Å²) in [4.78, 5) is 34.8. The largest absolute Gasteiger partial charge is 0.495 e. The number of halogens is 2. The Morgan fingerprint density at radius 3 is 2.32 bits per heavy atom. The first-order valence-electron chi connectivity index (χ1n) is 12.2. The standard InChI is InChI=1S/C26H31Cl2N5O5/c1-26(2,3)38-25(35)31-16-9-7-8-15(16)30-24-29-12-13-10-14(23(34)33(4)22(13)32-24)19-20(27)17(36-5)11-18(37-6)21(19)28/h10-12,15-16H,7-9H2,1-6H3,(H,31,35)(H,29,30,32)/t15-,16+/m1/s1. The first-order valence-corrected chi connectivity index (χ1v) is 12.9. The topological polar surface area (TPSA) is 117 Å². The van der Waals surface area contributed by atoms with E-state index in [-0.39, 0.29) is 33.3 Å². The highest BCUT2D eigenvalue weighted by atomic mass is 35.5. The van der Waals surface area contributed by atoms with Gasteiger partial charge in [-0.3, -0.25) is 9.36 Å². The van der Waals surface area contributed by atoms with Crippen molar-refractivity contribution >= 4 is 46.3 Å². The molecule has 0 bridgehead atoms. The molecular weight excluding hydrogens is 533 g/mol. The van der Waals surface area contributed by atoms with Gasteiger partial charge in [-0.15, -0.1) is 0 Å². The number of carbonyl (C=O) groups excluding carboxylic acids is 1. The van der Waals surface area contributed by atoms with Crippen molar-refractivity contribution < 1.29 is 19.0 Å². The molecule has 204 valence electrons. The van der Waals surface area contributed by atoms with Crippen LogP contribution in [0.25, 0.3) is 22.2 Å². The normalized spacial score (nSPS) is 17.4. The zero-order chi connectivity index (χ0) is 27.8. The third-order valence-electron chi connectivity index (χ3n) is 6.32. The molecule has 4 rings (SSSR count). The highest BCUT2D eigenvalue weighted by molar-refractivity contribution is 6.41. The fourth-order valence-electron chi connectivity index (χ4n) is 4.55. The average molecular weight is 564 g/mol. The van der Waals surface area contributed by atoms with Crippen molar-refractivity contribution in [2.45, 2.75) is 57.7 Å². The van der Waals surface area contributed by atoms with Crippen LogP contribution < -0.4 is 25.7 Å². The molecule has 38 heavy (non-hydrogen) atoms. The molecule has 2 atom stereocenters. The van der Waals surface area contributed by atoms with Crippen LogP contribution in [0.4, 0.5) is 10.7 Å². The van der Waals surface area contributed by atoms with Gasteiger partial charge in [-0.1, -0.05) is 23.2 Å². The Bertz CT molecular complexity index is 1410. The van der Waals surface area contributed by atoms with Crippen LogP contribution in [0, 0.1) is 0 Å². The molecule has 0 aliphatic heterocycles. The number of pyridine rings is 1. The van der Waals surface area contributed by atoms with Gasteiger partial charge in [0, 0.05) is 36.3 Å². The predicted molar refractivity (Wildman–Crippen MR) is 148 cm³/mol. The summed E-state index contributed by atoms with van der Waals surface area (Å²) in [5.74, 6) is 1.00. The van der Waals surface area contributed by atoms with Gasteiger partial charge in [-0.2, -0.15) is 4.98 Å². The van der Waals surface area contributed by atoms with Gasteiger partial charge in [0.2, 0.25) is 5.95 Å². The van der Waals surface area contributed by atoms with Gasteiger partial charge < -0.3 is 24.8 Å². The molecule has 1 amide bonds. The van der Waals surface area contributed by atoms with Gasteiger partial charge in [-0.25, -0.2) is 9.78 Å². The summed E-state index contributed by atoms with van der Waals surface area (Å²) in [5.41, 5.74) is 0.0473. The fourth-order valence-corrected chi connectivity index (χ4v) is 5.25. The second kappa shape index (κ2) is 10.9. The number of aromatic nitrogens is 3. The zero-order valence-corrected chi connectivity index (χ0v) is 23.7. The molecule has 3 aromatic rings. The Labute approximate surface area is 230 Å². The molecular formula is C26H31Cl2N5O5. The lowest BCUT2D eigenvalue weighted by Crippen LogP contribution is -2.45. The molecule has 10 nitrogen and oxygen atoms in total. The first-order chi connectivity index (χ1) is 17.9. The first kappa shape index (κ1) is 27.8. The van der Waals surface area contributed by atoms with Gasteiger partial charge in [0.25, 0.3) is 5.56 Å². The minimum absolute atomic E-state index is 0.0851. The highest BCUT2D eigenvalue weighted by Gasteiger charge is 2.31. The van der Waals surface area contributed by atoms with Crippen molar-refractivity contribution in [2.75, 3.05) is 19.5 Å². The van der Waals surface area contributed by atoms with Crippen LogP contribution >= 0.6 is 23.2 Å². The van der Waals surface area contributed by atoms with E-state index in [9.17, 15) is 9.59 Å². The molecule has 2 heterocycles. The number of hydrogen-bond acceptors (Lipinski definition) is 8. The van der Waals surface area contributed by atoms with Crippen molar-refractivity contribution in [3.63, 3.8) is 0 Å². The minimum atomic E-state index is -0.582. The van der Waals surface area contributed by atoms with E-state index in [0.717, 1.165) is 19.3 Å². The summed E-state index contributed by atoms with van der Waals surface area (Å²) < 4.78 is 17.5. The molecule has 0 radical (unpaired) electrons. The summed E-state index contributed by atoms with van der Waals surface area (Å²) in [6, 6.07) is 2.99. The maximum atomic E-state index is 13.5. The third kappa shape index (κ3) is 5.61. The number of rotatable bonds is 6. The molecule has 2 N–H and O–H groups in total. The maximum absolute atomic E-state index is 13.5. The van der Waals surface area contributed by atoms with Crippen molar-refractivity contribution in [1.29, 1.82) is 0 Å². The number of methoxy groups -OCH3 is 2. The average Bonchev–Trinajstić information content (AvgIpc) is 3.27. The van der Waals surface area contributed by atoms with Crippen molar-refractivity contribution in [2.24, 2.45) is 7.05 Å². The second-order valence-electron chi connectivity index (χ2n) is 10.1. The van der Waals surface area contributed by atoms with E-state index in [1.807, 2.05) is 20.8 Å². The van der Waals surface area contributed by atoms with E-state index in [1.165, 1.54) is 18.8 Å². The molecule has 1 aliphatic rings. The number of benzene rings is 1. The van der Waals surface area contributed by atoms with Crippen LogP contribution in [-0.4, -0.2) is 52.5 Å². The predicted octanol–water partition coefficient (Wildman–Crippen LogP) is 5.18. The van der Waals surface area contributed by atoms with Crippen LogP contribution in [0.3, 0.4) is 0 Å². The second-order valence-corrected chi connectivity index (χ2v) is 10.9. The fraction of sp³-hybridized carbons (Fsp3) is 0.462. The van der Waals surface area contributed by atoms with Gasteiger partial charge in [0.05, 0.1) is 35.9 Å². The van der Waals surface area contributed by atoms with Gasteiger partial charge >= 0.3 is 6.09 Å². The van der Waals surface area contributed by atoms with E-state index in [2.05, 4.69) is 20.6 Å². The molecule has 2 aromatic heterocycles. The number of amides is 1. The molecule has 1 aliphatic carbocycles. The zero-order valence-electron chi connectivity index (χ0n) is 22.1. The van der Waals surface area contributed by atoms with Gasteiger partial charge in [0.15, 0.2) is 0 Å².